The number of imidazole rings is 1. The van der Waals surface area contributed by atoms with Gasteiger partial charge in [0.05, 0.1) is 17.4 Å². The Morgan fingerprint density at radius 1 is 1.24 bits per heavy atom. The van der Waals surface area contributed by atoms with Gasteiger partial charge in [0, 0.05) is 17.1 Å². The molecule has 2 N–H and O–H groups in total. The highest BCUT2D eigenvalue weighted by Gasteiger charge is 2.06. The largest absolute Gasteiger partial charge is 0.326 e. The van der Waals surface area contributed by atoms with Crippen LogP contribution in [0.3, 0.4) is 0 Å². The normalized spacial score (nSPS) is 10.8. The first-order valence-electron chi connectivity index (χ1n) is 6.31. The second-order valence-corrected chi connectivity index (χ2v) is 5.08. The summed E-state index contributed by atoms with van der Waals surface area (Å²) in [6, 6.07) is 12.6. The van der Waals surface area contributed by atoms with Crippen molar-refractivity contribution in [2.75, 3.05) is 0 Å². The number of fused-ring (bicyclic) bond motifs is 1. The van der Waals surface area contributed by atoms with E-state index in [1.807, 2.05) is 34.9 Å². The van der Waals surface area contributed by atoms with Crippen molar-refractivity contribution < 1.29 is 10.0 Å². The molecule has 0 saturated carbocycles. The minimum Gasteiger partial charge on any atom is -0.326 e. The molecule has 0 aliphatic carbocycles. The van der Waals surface area contributed by atoms with Crippen LogP contribution in [-0.2, 0) is 6.54 Å². The number of nitrogens with one attached hydrogen (secondary N) is 1. The molecule has 0 unspecified atom stereocenters. The van der Waals surface area contributed by atoms with E-state index in [2.05, 4.69) is 4.98 Å². The lowest BCUT2D eigenvalue weighted by Crippen LogP contribution is -2.18. The fourth-order valence-electron chi connectivity index (χ4n) is 2.19. The van der Waals surface area contributed by atoms with E-state index in [4.69, 9.17) is 16.8 Å². The summed E-state index contributed by atoms with van der Waals surface area (Å²) in [6.07, 6.45) is 1.76. The lowest BCUT2D eigenvalue weighted by Gasteiger charge is -2.06. The molecule has 0 radical (unpaired) electrons. The van der Waals surface area contributed by atoms with Crippen molar-refractivity contribution in [2.45, 2.75) is 6.54 Å². The van der Waals surface area contributed by atoms with Gasteiger partial charge in [-0.3, -0.25) is 10.0 Å². The molecular weight excluding hydrogens is 290 g/mol. The Balaban J connectivity index is 1.86. The number of hydrogen-bond acceptors (Lipinski definition) is 3. The van der Waals surface area contributed by atoms with E-state index in [-0.39, 0.29) is 0 Å². The third-order valence-corrected chi connectivity index (χ3v) is 3.49. The first-order valence-corrected chi connectivity index (χ1v) is 6.69. The van der Waals surface area contributed by atoms with Gasteiger partial charge < -0.3 is 4.57 Å². The van der Waals surface area contributed by atoms with E-state index in [1.54, 1.807) is 23.9 Å². The number of carbonyl (C=O) groups excluding carboxylic acids is 1. The predicted octanol–water partition coefficient (Wildman–Crippen LogP) is 2.86. The number of nitrogens with zero attached hydrogens (tertiary/aromatic N) is 2. The highest BCUT2D eigenvalue weighted by Crippen LogP contribution is 2.19. The lowest BCUT2D eigenvalue weighted by molar-refractivity contribution is 0.0706. The van der Waals surface area contributed by atoms with E-state index in [0.717, 1.165) is 16.6 Å². The van der Waals surface area contributed by atoms with Crippen molar-refractivity contribution in [2.24, 2.45) is 0 Å². The number of benzene rings is 2. The molecule has 1 amide bonds. The van der Waals surface area contributed by atoms with Crippen LogP contribution in [0.2, 0.25) is 5.02 Å². The van der Waals surface area contributed by atoms with Crippen molar-refractivity contribution >= 4 is 28.5 Å². The summed E-state index contributed by atoms with van der Waals surface area (Å²) in [4.78, 5) is 15.6. The number of aromatic nitrogens is 2. The SMILES string of the molecule is O=C(NO)c1ccc(Cn2cnc3cc(Cl)ccc32)cc1. The van der Waals surface area contributed by atoms with Gasteiger partial charge in [-0.25, -0.2) is 10.5 Å². The average Bonchev–Trinajstić information content (AvgIpc) is 2.89. The number of amides is 1. The lowest BCUT2D eigenvalue weighted by atomic mass is 10.1. The number of hydroxylamine groups is 1. The van der Waals surface area contributed by atoms with E-state index >= 15 is 0 Å². The Morgan fingerprint density at radius 3 is 2.71 bits per heavy atom. The summed E-state index contributed by atoms with van der Waals surface area (Å²) in [5.74, 6) is -0.524. The Morgan fingerprint density at radius 2 is 2.00 bits per heavy atom. The van der Waals surface area contributed by atoms with E-state index in [9.17, 15) is 4.79 Å². The molecule has 3 rings (SSSR count). The molecule has 106 valence electrons. The fourth-order valence-corrected chi connectivity index (χ4v) is 2.35. The Hall–Kier alpha value is -2.37. The van der Waals surface area contributed by atoms with Gasteiger partial charge in [0.2, 0.25) is 0 Å². The predicted molar refractivity (Wildman–Crippen MR) is 79.5 cm³/mol. The van der Waals surface area contributed by atoms with Gasteiger partial charge in [0.15, 0.2) is 0 Å². The summed E-state index contributed by atoms with van der Waals surface area (Å²) >= 11 is 5.94. The molecule has 0 spiro atoms. The molecule has 0 atom stereocenters. The molecule has 0 saturated heterocycles. The smallest absolute Gasteiger partial charge is 0.274 e. The zero-order valence-corrected chi connectivity index (χ0v) is 11.7. The molecule has 3 aromatic rings. The van der Waals surface area contributed by atoms with Gasteiger partial charge in [-0.15, -0.1) is 0 Å². The van der Waals surface area contributed by atoms with Gasteiger partial charge in [-0.2, -0.15) is 0 Å². The maximum atomic E-state index is 11.3. The highest BCUT2D eigenvalue weighted by atomic mass is 35.5. The quantitative estimate of drug-likeness (QED) is 0.577. The topological polar surface area (TPSA) is 67.2 Å². The summed E-state index contributed by atoms with van der Waals surface area (Å²) in [5, 5.41) is 9.24. The molecule has 0 bridgehead atoms. The highest BCUT2D eigenvalue weighted by molar-refractivity contribution is 6.31. The van der Waals surface area contributed by atoms with Crippen LogP contribution in [0.25, 0.3) is 11.0 Å². The second-order valence-electron chi connectivity index (χ2n) is 4.64. The molecule has 1 aromatic heterocycles. The summed E-state index contributed by atoms with van der Waals surface area (Å²) < 4.78 is 2.01. The molecule has 0 aliphatic rings. The first-order chi connectivity index (χ1) is 10.2. The van der Waals surface area contributed by atoms with Crippen LogP contribution in [0.15, 0.2) is 48.8 Å². The van der Waals surface area contributed by atoms with E-state index in [1.165, 1.54) is 0 Å². The molecule has 0 aliphatic heterocycles. The standard InChI is InChI=1S/C15H12ClN3O2/c16-12-5-6-14-13(7-12)17-9-19(14)8-10-1-3-11(4-2-10)15(20)18-21/h1-7,9,21H,8H2,(H,18,20). The van der Waals surface area contributed by atoms with Gasteiger partial charge in [0.25, 0.3) is 5.91 Å². The van der Waals surface area contributed by atoms with Gasteiger partial charge >= 0.3 is 0 Å². The van der Waals surface area contributed by atoms with Crippen LogP contribution in [0, 0.1) is 0 Å². The Kier molecular flexibility index (Phi) is 3.60. The number of carbonyl (C=O) groups is 1. The third kappa shape index (κ3) is 2.74. The molecule has 2 aromatic carbocycles. The van der Waals surface area contributed by atoms with E-state index in [0.29, 0.717) is 17.1 Å². The minimum absolute atomic E-state index is 0.406. The number of halogens is 1. The van der Waals surface area contributed by atoms with Crippen molar-refractivity contribution in [1.29, 1.82) is 0 Å². The maximum absolute atomic E-state index is 11.3. The molecule has 21 heavy (non-hydrogen) atoms. The molecule has 0 fully saturated rings. The third-order valence-electron chi connectivity index (χ3n) is 3.25. The van der Waals surface area contributed by atoms with Crippen LogP contribution >= 0.6 is 11.6 Å². The zero-order valence-electron chi connectivity index (χ0n) is 11.0. The molecule has 5 nitrogen and oxygen atoms in total. The van der Waals surface area contributed by atoms with Crippen molar-refractivity contribution in [1.82, 2.24) is 15.0 Å². The minimum atomic E-state index is -0.524. The fraction of sp³-hybridized carbons (Fsp3) is 0.0667. The molecular formula is C15H12ClN3O2. The number of rotatable bonds is 3. The Bertz CT molecular complexity index is 796. The van der Waals surface area contributed by atoms with Crippen LogP contribution in [-0.4, -0.2) is 20.7 Å². The summed E-state index contributed by atoms with van der Waals surface area (Å²) in [6.45, 7) is 0.638. The van der Waals surface area contributed by atoms with Crippen LogP contribution < -0.4 is 5.48 Å². The van der Waals surface area contributed by atoms with Crippen LogP contribution in [0.1, 0.15) is 15.9 Å². The van der Waals surface area contributed by atoms with Crippen molar-refractivity contribution in [3.8, 4) is 0 Å². The first kappa shape index (κ1) is 13.6. The maximum Gasteiger partial charge on any atom is 0.274 e. The van der Waals surface area contributed by atoms with Crippen molar-refractivity contribution in [3.05, 3.63) is 64.9 Å². The molecule has 1 heterocycles. The molecule has 6 heteroatoms. The monoisotopic (exact) mass is 301 g/mol. The second kappa shape index (κ2) is 5.55. The van der Waals surface area contributed by atoms with Gasteiger partial charge in [0.1, 0.15) is 0 Å². The van der Waals surface area contributed by atoms with Crippen LogP contribution in [0.5, 0.6) is 0 Å². The zero-order chi connectivity index (χ0) is 14.8. The van der Waals surface area contributed by atoms with Gasteiger partial charge in [-0.1, -0.05) is 23.7 Å². The van der Waals surface area contributed by atoms with Crippen LogP contribution in [0.4, 0.5) is 0 Å². The average molecular weight is 302 g/mol. The van der Waals surface area contributed by atoms with Gasteiger partial charge in [-0.05, 0) is 35.9 Å². The Labute approximate surface area is 125 Å². The summed E-state index contributed by atoms with van der Waals surface area (Å²) in [5.41, 5.74) is 4.88. The van der Waals surface area contributed by atoms with Crippen molar-refractivity contribution in [3.63, 3.8) is 0 Å². The van der Waals surface area contributed by atoms with E-state index < -0.39 is 5.91 Å². The summed E-state index contributed by atoms with van der Waals surface area (Å²) in [7, 11) is 0. The number of hydrogen-bond donors (Lipinski definition) is 2.